The van der Waals surface area contributed by atoms with Crippen molar-refractivity contribution in [3.63, 3.8) is 0 Å². The lowest BCUT2D eigenvalue weighted by Gasteiger charge is -2.20. The molecule has 0 amide bonds. The molecule has 5 heteroatoms. The number of nitrogens with zero attached hydrogens (tertiary/aromatic N) is 4. The van der Waals surface area contributed by atoms with Crippen LogP contribution in [-0.2, 0) is 5.41 Å². The van der Waals surface area contributed by atoms with Crippen LogP contribution in [0.2, 0.25) is 0 Å². The second-order valence-corrected chi connectivity index (χ2v) is 6.39. The molecule has 0 radical (unpaired) electrons. The standard InChI is InChI=1S/C15H21N5/c1-15(2,3)14-18-17-13-10-9-12(19-20(13)14)16-11-7-5-4-6-8-11/h4-5,9-11H,6-8H2,1-3H3,(H,16,19). The van der Waals surface area contributed by atoms with E-state index in [0.29, 0.717) is 6.04 Å². The highest BCUT2D eigenvalue weighted by Gasteiger charge is 2.22. The van der Waals surface area contributed by atoms with E-state index in [4.69, 9.17) is 0 Å². The predicted molar refractivity (Wildman–Crippen MR) is 79.9 cm³/mol. The van der Waals surface area contributed by atoms with Crippen molar-refractivity contribution in [1.82, 2.24) is 19.8 Å². The summed E-state index contributed by atoms with van der Waals surface area (Å²) < 4.78 is 1.85. The highest BCUT2D eigenvalue weighted by molar-refractivity contribution is 5.45. The van der Waals surface area contributed by atoms with E-state index in [1.165, 1.54) is 0 Å². The molecule has 0 spiro atoms. The Bertz CT molecular complexity index is 635. The SMILES string of the molecule is CC(C)(C)c1nnc2ccc(NC3CC=CCC3)nn12. The molecule has 1 unspecified atom stereocenters. The predicted octanol–water partition coefficient (Wildman–Crippen LogP) is 2.94. The molecule has 0 saturated carbocycles. The van der Waals surface area contributed by atoms with Gasteiger partial charge < -0.3 is 5.32 Å². The molecular weight excluding hydrogens is 250 g/mol. The van der Waals surface area contributed by atoms with Gasteiger partial charge in [0.2, 0.25) is 0 Å². The van der Waals surface area contributed by atoms with E-state index in [1.807, 2.05) is 16.6 Å². The van der Waals surface area contributed by atoms with Gasteiger partial charge in [0.25, 0.3) is 0 Å². The number of nitrogens with one attached hydrogen (secondary N) is 1. The van der Waals surface area contributed by atoms with E-state index in [1.54, 1.807) is 0 Å². The van der Waals surface area contributed by atoms with E-state index in [-0.39, 0.29) is 5.41 Å². The molecule has 3 rings (SSSR count). The van der Waals surface area contributed by atoms with Crippen molar-refractivity contribution in [2.45, 2.75) is 51.5 Å². The van der Waals surface area contributed by atoms with Crippen molar-refractivity contribution >= 4 is 11.5 Å². The zero-order chi connectivity index (χ0) is 14.2. The van der Waals surface area contributed by atoms with Crippen LogP contribution in [0.25, 0.3) is 5.65 Å². The molecule has 1 N–H and O–H groups in total. The number of rotatable bonds is 2. The molecule has 2 aromatic heterocycles. The average Bonchev–Trinajstić information content (AvgIpc) is 2.83. The van der Waals surface area contributed by atoms with Gasteiger partial charge in [-0.05, 0) is 31.4 Å². The maximum atomic E-state index is 4.65. The van der Waals surface area contributed by atoms with Crippen molar-refractivity contribution < 1.29 is 0 Å². The van der Waals surface area contributed by atoms with Crippen LogP contribution in [0.5, 0.6) is 0 Å². The summed E-state index contributed by atoms with van der Waals surface area (Å²) in [6, 6.07) is 4.42. The number of aromatic nitrogens is 4. The molecule has 1 atom stereocenters. The maximum absolute atomic E-state index is 4.65. The molecule has 5 nitrogen and oxygen atoms in total. The van der Waals surface area contributed by atoms with Crippen molar-refractivity contribution in [1.29, 1.82) is 0 Å². The van der Waals surface area contributed by atoms with Gasteiger partial charge in [-0.2, -0.15) is 4.52 Å². The summed E-state index contributed by atoms with van der Waals surface area (Å²) in [5.41, 5.74) is 0.725. The van der Waals surface area contributed by atoms with Gasteiger partial charge in [0.15, 0.2) is 11.5 Å². The zero-order valence-electron chi connectivity index (χ0n) is 12.3. The van der Waals surface area contributed by atoms with Crippen LogP contribution in [0.15, 0.2) is 24.3 Å². The lowest BCUT2D eigenvalue weighted by Crippen LogP contribution is -2.22. The Morgan fingerprint density at radius 1 is 1.20 bits per heavy atom. The molecule has 0 saturated heterocycles. The smallest absolute Gasteiger partial charge is 0.178 e. The molecule has 1 aliphatic carbocycles. The second-order valence-electron chi connectivity index (χ2n) is 6.39. The van der Waals surface area contributed by atoms with Crippen LogP contribution in [0.1, 0.15) is 45.9 Å². The lowest BCUT2D eigenvalue weighted by atomic mass is 9.96. The Labute approximate surface area is 119 Å². The third-order valence-corrected chi connectivity index (χ3v) is 3.55. The third-order valence-electron chi connectivity index (χ3n) is 3.55. The summed E-state index contributed by atoms with van der Waals surface area (Å²) in [5.74, 6) is 1.78. The topological polar surface area (TPSA) is 55.1 Å². The van der Waals surface area contributed by atoms with Gasteiger partial charge >= 0.3 is 0 Å². The summed E-state index contributed by atoms with van der Waals surface area (Å²) in [5, 5.41) is 16.6. The van der Waals surface area contributed by atoms with Gasteiger partial charge in [0, 0.05) is 11.5 Å². The normalized spacial score (nSPS) is 19.4. The fraction of sp³-hybridized carbons (Fsp3) is 0.533. The fourth-order valence-corrected chi connectivity index (χ4v) is 2.47. The first-order valence-electron chi connectivity index (χ1n) is 7.18. The van der Waals surface area contributed by atoms with Crippen molar-refractivity contribution in [3.05, 3.63) is 30.1 Å². The molecule has 106 valence electrons. The van der Waals surface area contributed by atoms with Gasteiger partial charge in [-0.3, -0.25) is 0 Å². The van der Waals surface area contributed by atoms with E-state index in [0.717, 1.165) is 36.6 Å². The first-order valence-corrected chi connectivity index (χ1v) is 7.18. The quantitative estimate of drug-likeness (QED) is 0.853. The number of fused-ring (bicyclic) bond motifs is 1. The molecule has 0 bridgehead atoms. The second kappa shape index (κ2) is 4.89. The van der Waals surface area contributed by atoms with Gasteiger partial charge in [0.1, 0.15) is 5.82 Å². The Hall–Kier alpha value is -1.91. The highest BCUT2D eigenvalue weighted by Crippen LogP contribution is 2.21. The summed E-state index contributed by atoms with van der Waals surface area (Å²) in [7, 11) is 0. The molecule has 20 heavy (non-hydrogen) atoms. The number of allylic oxidation sites excluding steroid dienone is 1. The van der Waals surface area contributed by atoms with Gasteiger partial charge in [-0.25, -0.2) is 0 Å². The molecule has 2 heterocycles. The minimum atomic E-state index is -0.0708. The van der Waals surface area contributed by atoms with E-state index < -0.39 is 0 Å². The summed E-state index contributed by atoms with van der Waals surface area (Å²) in [6.45, 7) is 6.37. The Morgan fingerprint density at radius 3 is 2.75 bits per heavy atom. The van der Waals surface area contributed by atoms with Crippen LogP contribution in [0, 0.1) is 0 Å². The summed E-state index contributed by atoms with van der Waals surface area (Å²) in [6.07, 6.45) is 7.84. The first-order chi connectivity index (χ1) is 9.54. The van der Waals surface area contributed by atoms with Crippen molar-refractivity contribution in [2.75, 3.05) is 5.32 Å². The van der Waals surface area contributed by atoms with E-state index in [9.17, 15) is 0 Å². The Kier molecular flexibility index (Phi) is 3.20. The lowest BCUT2D eigenvalue weighted by molar-refractivity contribution is 0.526. The van der Waals surface area contributed by atoms with Crippen molar-refractivity contribution in [2.24, 2.45) is 0 Å². The first kappa shape index (κ1) is 13.1. The molecule has 0 aliphatic heterocycles. The summed E-state index contributed by atoms with van der Waals surface area (Å²) in [4.78, 5) is 0. The monoisotopic (exact) mass is 271 g/mol. The minimum Gasteiger partial charge on any atom is -0.366 e. The van der Waals surface area contributed by atoms with Crippen LogP contribution in [0.4, 0.5) is 5.82 Å². The molecule has 2 aromatic rings. The number of hydrogen-bond acceptors (Lipinski definition) is 4. The largest absolute Gasteiger partial charge is 0.366 e. The maximum Gasteiger partial charge on any atom is 0.178 e. The van der Waals surface area contributed by atoms with Crippen LogP contribution in [0.3, 0.4) is 0 Å². The van der Waals surface area contributed by atoms with Crippen LogP contribution >= 0.6 is 0 Å². The highest BCUT2D eigenvalue weighted by atomic mass is 15.4. The van der Waals surface area contributed by atoms with Gasteiger partial charge in [0.05, 0.1) is 0 Å². The van der Waals surface area contributed by atoms with Crippen LogP contribution in [-0.4, -0.2) is 25.9 Å². The fourth-order valence-electron chi connectivity index (χ4n) is 2.47. The Balaban J connectivity index is 1.91. The van der Waals surface area contributed by atoms with E-state index in [2.05, 4.69) is 53.5 Å². The minimum absolute atomic E-state index is 0.0708. The molecule has 1 aliphatic rings. The molecular formula is C15H21N5. The molecule has 0 aromatic carbocycles. The average molecular weight is 271 g/mol. The Morgan fingerprint density at radius 2 is 2.05 bits per heavy atom. The van der Waals surface area contributed by atoms with Gasteiger partial charge in [-0.1, -0.05) is 32.9 Å². The third kappa shape index (κ3) is 2.53. The number of hydrogen-bond donors (Lipinski definition) is 1. The van der Waals surface area contributed by atoms with Crippen molar-refractivity contribution in [3.8, 4) is 0 Å². The molecule has 0 fully saturated rings. The number of anilines is 1. The van der Waals surface area contributed by atoms with Gasteiger partial charge in [-0.15, -0.1) is 15.3 Å². The summed E-state index contributed by atoms with van der Waals surface area (Å²) >= 11 is 0. The van der Waals surface area contributed by atoms with E-state index >= 15 is 0 Å². The van der Waals surface area contributed by atoms with Crippen LogP contribution < -0.4 is 5.32 Å². The zero-order valence-corrected chi connectivity index (χ0v) is 12.3.